The number of aryl methyl sites for hydroxylation is 1. The molecule has 1 aromatic carbocycles. The minimum absolute atomic E-state index is 0.152. The molecule has 3 nitrogen and oxygen atoms in total. The highest BCUT2D eigenvalue weighted by atomic mass is 19.3. The largest absolute Gasteiger partial charge is 0.501 e. The molecule has 1 amide bonds. The Balaban J connectivity index is 1.68. The van der Waals surface area contributed by atoms with E-state index in [2.05, 4.69) is 5.32 Å². The van der Waals surface area contributed by atoms with Crippen LogP contribution in [0.5, 0.6) is 0 Å². The highest BCUT2D eigenvalue weighted by Gasteiger charge is 2.71. The van der Waals surface area contributed by atoms with Gasteiger partial charge in [0.25, 0.3) is 11.8 Å². The molecule has 124 valence electrons. The van der Waals surface area contributed by atoms with Crippen LogP contribution in [0.2, 0.25) is 0 Å². The normalized spacial score (nSPS) is 27.7. The second-order valence-electron chi connectivity index (χ2n) is 6.38. The van der Waals surface area contributed by atoms with E-state index < -0.39 is 17.8 Å². The Kier molecular flexibility index (Phi) is 4.13. The maximum atomic E-state index is 13.2. The van der Waals surface area contributed by atoms with Gasteiger partial charge in [-0.3, -0.25) is 4.79 Å². The van der Waals surface area contributed by atoms with Gasteiger partial charge in [-0.1, -0.05) is 17.7 Å². The van der Waals surface area contributed by atoms with Crippen molar-refractivity contribution in [1.82, 2.24) is 5.32 Å². The molecule has 2 unspecified atom stereocenters. The van der Waals surface area contributed by atoms with E-state index in [0.29, 0.717) is 25.0 Å². The van der Waals surface area contributed by atoms with E-state index in [0.717, 1.165) is 11.1 Å². The number of alkyl halides is 2. The zero-order chi connectivity index (χ0) is 16.6. The quantitative estimate of drug-likeness (QED) is 0.838. The summed E-state index contributed by atoms with van der Waals surface area (Å²) in [6.07, 6.45) is 4.06. The second kappa shape index (κ2) is 5.95. The fraction of sp³-hybridized carbons (Fsp3) is 0.500. The highest BCUT2D eigenvalue weighted by molar-refractivity contribution is 5.98. The van der Waals surface area contributed by atoms with Crippen LogP contribution in [-0.2, 0) is 4.74 Å². The zero-order valence-corrected chi connectivity index (χ0v) is 13.3. The van der Waals surface area contributed by atoms with Crippen LogP contribution in [0.1, 0.15) is 41.3 Å². The van der Waals surface area contributed by atoms with Crippen molar-refractivity contribution in [1.29, 1.82) is 0 Å². The van der Waals surface area contributed by atoms with E-state index in [1.165, 1.54) is 0 Å². The summed E-state index contributed by atoms with van der Waals surface area (Å²) >= 11 is 0. The first-order valence-corrected chi connectivity index (χ1v) is 8.01. The third kappa shape index (κ3) is 3.09. The van der Waals surface area contributed by atoms with Gasteiger partial charge in [0.15, 0.2) is 0 Å². The van der Waals surface area contributed by atoms with Crippen LogP contribution in [0.15, 0.2) is 24.5 Å². The number of benzene rings is 1. The molecule has 3 rings (SSSR count). The van der Waals surface area contributed by atoms with Crippen LogP contribution >= 0.6 is 0 Å². The van der Waals surface area contributed by atoms with Crippen LogP contribution in [0.25, 0.3) is 6.08 Å². The fourth-order valence-electron chi connectivity index (χ4n) is 3.42. The van der Waals surface area contributed by atoms with Crippen molar-refractivity contribution in [3.63, 3.8) is 0 Å². The lowest BCUT2D eigenvalue weighted by Crippen LogP contribution is -2.35. The van der Waals surface area contributed by atoms with Gasteiger partial charge < -0.3 is 10.1 Å². The molecule has 0 aromatic heterocycles. The fourth-order valence-corrected chi connectivity index (χ4v) is 3.42. The number of hydrogen-bond acceptors (Lipinski definition) is 2. The van der Waals surface area contributed by atoms with Crippen LogP contribution in [-0.4, -0.2) is 24.5 Å². The molecule has 2 aliphatic carbocycles. The number of nitrogens with one attached hydrogen (secondary N) is 1. The molecule has 2 fully saturated rings. The number of amides is 1. The lowest BCUT2D eigenvalue weighted by atomic mass is 10.0. The molecular weight excluding hydrogens is 300 g/mol. The molecule has 0 bridgehead atoms. The standard InChI is InChI=1S/C18H21F2NO2/c1-3-23-7-6-12-5-4-11(2)8-14(12)17(22)21-13-9-15-16(10-13)18(15,19)20/h4-8,13,15-16H,3,9-10H2,1-2H3,(H,21,22)/b7-6+. The first-order chi connectivity index (χ1) is 10.9. The molecule has 2 aliphatic rings. The predicted molar refractivity (Wildman–Crippen MR) is 84.3 cm³/mol. The minimum Gasteiger partial charge on any atom is -0.501 e. The molecule has 0 heterocycles. The maximum absolute atomic E-state index is 13.2. The highest BCUT2D eigenvalue weighted by Crippen LogP contribution is 2.64. The molecule has 1 aromatic rings. The Morgan fingerprint density at radius 1 is 1.39 bits per heavy atom. The van der Waals surface area contributed by atoms with Gasteiger partial charge in [0.1, 0.15) is 0 Å². The molecule has 0 aliphatic heterocycles. The Morgan fingerprint density at radius 3 is 2.74 bits per heavy atom. The number of ether oxygens (including phenoxy) is 1. The van der Waals surface area contributed by atoms with Crippen LogP contribution < -0.4 is 5.32 Å². The van der Waals surface area contributed by atoms with Gasteiger partial charge in [-0.25, -0.2) is 8.78 Å². The summed E-state index contributed by atoms with van der Waals surface area (Å²) in [6.45, 7) is 4.36. The Hall–Kier alpha value is -1.91. The van der Waals surface area contributed by atoms with Crippen molar-refractivity contribution < 1.29 is 18.3 Å². The number of fused-ring (bicyclic) bond motifs is 1. The minimum atomic E-state index is -2.50. The summed E-state index contributed by atoms with van der Waals surface area (Å²) in [7, 11) is 0. The van der Waals surface area contributed by atoms with E-state index in [9.17, 15) is 13.6 Å². The summed E-state index contributed by atoms with van der Waals surface area (Å²) in [5, 5.41) is 2.90. The molecule has 2 saturated carbocycles. The number of carbonyl (C=O) groups excluding carboxylic acids is 1. The molecule has 5 heteroatoms. The zero-order valence-electron chi connectivity index (χ0n) is 13.3. The van der Waals surface area contributed by atoms with Crippen LogP contribution in [0.3, 0.4) is 0 Å². The van der Waals surface area contributed by atoms with Crippen LogP contribution in [0, 0.1) is 18.8 Å². The summed E-state index contributed by atoms with van der Waals surface area (Å²) < 4.78 is 31.6. The van der Waals surface area contributed by atoms with Crippen molar-refractivity contribution in [3.8, 4) is 0 Å². The van der Waals surface area contributed by atoms with E-state index in [-0.39, 0.29) is 11.9 Å². The first kappa shape index (κ1) is 16.0. The van der Waals surface area contributed by atoms with E-state index in [1.807, 2.05) is 32.0 Å². The van der Waals surface area contributed by atoms with Gasteiger partial charge in [-0.2, -0.15) is 0 Å². The van der Waals surface area contributed by atoms with E-state index in [4.69, 9.17) is 4.74 Å². The molecule has 0 spiro atoms. The van der Waals surface area contributed by atoms with Crippen molar-refractivity contribution in [2.75, 3.05) is 6.61 Å². The van der Waals surface area contributed by atoms with Gasteiger partial charge in [0, 0.05) is 23.4 Å². The Bertz CT molecular complexity index is 628. The third-order valence-electron chi connectivity index (χ3n) is 4.74. The van der Waals surface area contributed by atoms with E-state index >= 15 is 0 Å². The van der Waals surface area contributed by atoms with Crippen LogP contribution in [0.4, 0.5) is 8.78 Å². The number of rotatable bonds is 5. The molecule has 0 radical (unpaired) electrons. The monoisotopic (exact) mass is 321 g/mol. The lowest BCUT2D eigenvalue weighted by molar-refractivity contribution is 0.0649. The predicted octanol–water partition coefficient (Wildman–Crippen LogP) is 3.78. The second-order valence-corrected chi connectivity index (χ2v) is 6.38. The van der Waals surface area contributed by atoms with Crippen molar-refractivity contribution in [2.45, 2.75) is 38.7 Å². The molecular formula is C18H21F2NO2. The molecule has 0 saturated heterocycles. The summed E-state index contributed by atoms with van der Waals surface area (Å²) in [4.78, 5) is 12.5. The smallest absolute Gasteiger partial charge is 0.254 e. The van der Waals surface area contributed by atoms with Gasteiger partial charge in [-0.05, 0) is 44.4 Å². The number of hydrogen-bond donors (Lipinski definition) is 1. The molecule has 23 heavy (non-hydrogen) atoms. The summed E-state index contributed by atoms with van der Waals surface area (Å²) in [6, 6.07) is 5.44. The van der Waals surface area contributed by atoms with Gasteiger partial charge in [-0.15, -0.1) is 0 Å². The van der Waals surface area contributed by atoms with Gasteiger partial charge in [0.2, 0.25) is 0 Å². The Morgan fingerprint density at radius 2 is 2.09 bits per heavy atom. The van der Waals surface area contributed by atoms with Crippen molar-refractivity contribution in [2.24, 2.45) is 11.8 Å². The topological polar surface area (TPSA) is 38.3 Å². The average Bonchev–Trinajstić information content (AvgIpc) is 2.87. The summed E-state index contributed by atoms with van der Waals surface area (Å²) in [5.74, 6) is -3.79. The third-order valence-corrected chi connectivity index (χ3v) is 4.74. The summed E-state index contributed by atoms with van der Waals surface area (Å²) in [5.41, 5.74) is 2.29. The number of halogens is 2. The van der Waals surface area contributed by atoms with Crippen molar-refractivity contribution in [3.05, 3.63) is 41.2 Å². The van der Waals surface area contributed by atoms with Crippen molar-refractivity contribution >= 4 is 12.0 Å². The first-order valence-electron chi connectivity index (χ1n) is 8.01. The maximum Gasteiger partial charge on any atom is 0.254 e. The van der Waals surface area contributed by atoms with Gasteiger partial charge >= 0.3 is 0 Å². The molecule has 1 N–H and O–H groups in total. The van der Waals surface area contributed by atoms with E-state index in [1.54, 1.807) is 12.3 Å². The Labute approximate surface area is 134 Å². The molecule has 2 atom stereocenters. The van der Waals surface area contributed by atoms with Gasteiger partial charge in [0.05, 0.1) is 12.9 Å². The number of carbonyl (C=O) groups is 1. The lowest BCUT2D eigenvalue weighted by Gasteiger charge is -2.17. The SMILES string of the molecule is CCO/C=C/c1ccc(C)cc1C(=O)NC1CC2C(C1)C2(F)F. The average molecular weight is 321 g/mol.